The molecule has 0 saturated heterocycles. The summed E-state index contributed by atoms with van der Waals surface area (Å²) in [6.07, 6.45) is 1.30. The van der Waals surface area contributed by atoms with Crippen LogP contribution in [0.25, 0.3) is 5.82 Å². The van der Waals surface area contributed by atoms with Crippen molar-refractivity contribution in [2.75, 3.05) is 5.73 Å². The van der Waals surface area contributed by atoms with Gasteiger partial charge in [-0.3, -0.25) is 4.57 Å². The van der Waals surface area contributed by atoms with Crippen LogP contribution in [0.15, 0.2) is 18.5 Å². The van der Waals surface area contributed by atoms with Crippen molar-refractivity contribution in [1.29, 1.82) is 15.8 Å². The molecule has 2 aromatic heterocycles. The summed E-state index contributed by atoms with van der Waals surface area (Å²) in [6, 6.07) is 8.57. The van der Waals surface area contributed by atoms with E-state index in [1.807, 2.05) is 12.1 Å². The van der Waals surface area contributed by atoms with Gasteiger partial charge in [-0.1, -0.05) is 0 Å². The summed E-state index contributed by atoms with van der Waals surface area (Å²) in [5.41, 5.74) is 5.94. The fourth-order valence-corrected chi connectivity index (χ4v) is 1.39. The molecule has 0 aliphatic carbocycles. The predicted molar refractivity (Wildman–Crippen MR) is 59.9 cm³/mol. The van der Waals surface area contributed by atoms with Gasteiger partial charge in [0.25, 0.3) is 0 Å². The highest BCUT2D eigenvalue weighted by atomic mass is 15.1. The van der Waals surface area contributed by atoms with Gasteiger partial charge in [-0.25, -0.2) is 9.97 Å². The lowest BCUT2D eigenvalue weighted by molar-refractivity contribution is 0.971. The zero-order valence-electron chi connectivity index (χ0n) is 8.99. The Morgan fingerprint density at radius 3 is 2.39 bits per heavy atom. The number of hydrogen-bond acceptors (Lipinski definition) is 6. The van der Waals surface area contributed by atoms with Gasteiger partial charge in [0, 0.05) is 0 Å². The molecule has 2 heterocycles. The molecule has 0 unspecified atom stereocenters. The molecule has 18 heavy (non-hydrogen) atoms. The number of anilines is 1. The second-order valence-electron chi connectivity index (χ2n) is 3.25. The second kappa shape index (κ2) is 4.25. The standard InChI is InChI=1S/C11H5N7/c12-3-8-7(15)1-2-11(17-8)18-6-16-9(4-13)10(18)5-14/h1-2,6H,15H2. The Labute approximate surface area is 102 Å². The minimum Gasteiger partial charge on any atom is -0.396 e. The summed E-state index contributed by atoms with van der Waals surface area (Å²) in [4.78, 5) is 7.78. The summed E-state index contributed by atoms with van der Waals surface area (Å²) < 4.78 is 1.33. The number of imidazole rings is 1. The van der Waals surface area contributed by atoms with E-state index < -0.39 is 0 Å². The van der Waals surface area contributed by atoms with E-state index in [9.17, 15) is 0 Å². The molecule has 7 heteroatoms. The average molecular weight is 235 g/mol. The van der Waals surface area contributed by atoms with Gasteiger partial charge in [0.05, 0.1) is 5.69 Å². The average Bonchev–Trinajstić information content (AvgIpc) is 2.82. The largest absolute Gasteiger partial charge is 0.396 e. The Kier molecular flexibility index (Phi) is 2.62. The van der Waals surface area contributed by atoms with Crippen LogP contribution in [0, 0.1) is 34.0 Å². The van der Waals surface area contributed by atoms with Gasteiger partial charge in [-0.2, -0.15) is 15.8 Å². The van der Waals surface area contributed by atoms with E-state index >= 15 is 0 Å². The molecule has 0 aliphatic heterocycles. The molecule has 2 N–H and O–H groups in total. The molecule has 0 amide bonds. The first-order chi connectivity index (χ1) is 8.71. The molecule has 2 rings (SSSR count). The number of nitrogens with two attached hydrogens (primary N) is 1. The number of nitrogen functional groups attached to an aromatic ring is 1. The lowest BCUT2D eigenvalue weighted by atomic mass is 10.3. The summed E-state index contributed by atoms with van der Waals surface area (Å²) in [6.45, 7) is 0. The molecular weight excluding hydrogens is 230 g/mol. The van der Waals surface area contributed by atoms with Crippen LogP contribution in [0.5, 0.6) is 0 Å². The summed E-state index contributed by atoms with van der Waals surface area (Å²) >= 11 is 0. The maximum atomic E-state index is 8.98. The first-order valence-electron chi connectivity index (χ1n) is 4.75. The number of rotatable bonds is 1. The molecule has 84 valence electrons. The van der Waals surface area contributed by atoms with E-state index in [0.717, 1.165) is 0 Å². The van der Waals surface area contributed by atoms with Gasteiger partial charge in [0.2, 0.25) is 0 Å². The molecule has 0 spiro atoms. The van der Waals surface area contributed by atoms with Crippen LogP contribution < -0.4 is 5.73 Å². The third-order valence-corrected chi connectivity index (χ3v) is 2.24. The SMILES string of the molecule is N#Cc1nc(-n2cnc(C#N)c2C#N)ccc1N. The molecule has 0 aromatic carbocycles. The van der Waals surface area contributed by atoms with Gasteiger partial charge in [0.1, 0.15) is 30.4 Å². The van der Waals surface area contributed by atoms with Gasteiger partial charge in [-0.15, -0.1) is 0 Å². The number of pyridine rings is 1. The molecule has 0 bridgehead atoms. The van der Waals surface area contributed by atoms with Crippen molar-refractivity contribution in [3.8, 4) is 24.0 Å². The highest BCUT2D eigenvalue weighted by Crippen LogP contribution is 2.15. The lowest BCUT2D eigenvalue weighted by Crippen LogP contribution is -2.03. The van der Waals surface area contributed by atoms with Crippen molar-refractivity contribution in [2.45, 2.75) is 0 Å². The maximum absolute atomic E-state index is 8.98. The normalized spacial score (nSPS) is 9.17. The van der Waals surface area contributed by atoms with E-state index in [1.165, 1.54) is 17.0 Å². The summed E-state index contributed by atoms with van der Waals surface area (Å²) in [5, 5.41) is 26.6. The quantitative estimate of drug-likeness (QED) is 0.764. The van der Waals surface area contributed by atoms with Crippen molar-refractivity contribution < 1.29 is 0 Å². The van der Waals surface area contributed by atoms with Gasteiger partial charge in [-0.05, 0) is 12.1 Å². The van der Waals surface area contributed by atoms with Crippen molar-refractivity contribution in [1.82, 2.24) is 14.5 Å². The zero-order valence-corrected chi connectivity index (χ0v) is 8.99. The third-order valence-electron chi connectivity index (χ3n) is 2.24. The molecule has 2 aromatic rings. The number of aromatic nitrogens is 3. The van der Waals surface area contributed by atoms with Crippen molar-refractivity contribution in [2.24, 2.45) is 0 Å². The Bertz CT molecular complexity index is 736. The van der Waals surface area contributed by atoms with E-state index in [1.54, 1.807) is 12.1 Å². The number of nitrogens with zero attached hydrogens (tertiary/aromatic N) is 6. The third kappa shape index (κ3) is 1.60. The topological polar surface area (TPSA) is 128 Å². The summed E-state index contributed by atoms with van der Waals surface area (Å²) in [7, 11) is 0. The van der Waals surface area contributed by atoms with Crippen LogP contribution >= 0.6 is 0 Å². The van der Waals surface area contributed by atoms with E-state index in [2.05, 4.69) is 9.97 Å². The molecule has 0 atom stereocenters. The molecule has 7 nitrogen and oxygen atoms in total. The Balaban J connectivity index is 2.65. The predicted octanol–water partition coefficient (Wildman–Crippen LogP) is 0.465. The van der Waals surface area contributed by atoms with Crippen LogP contribution in [0.4, 0.5) is 5.69 Å². The minimum atomic E-state index is 0.00892. The number of nitriles is 3. The molecule has 0 radical (unpaired) electrons. The van der Waals surface area contributed by atoms with Crippen LogP contribution in [0.2, 0.25) is 0 Å². The monoisotopic (exact) mass is 235 g/mol. The van der Waals surface area contributed by atoms with Crippen LogP contribution in [0.1, 0.15) is 17.1 Å². The minimum absolute atomic E-state index is 0.00892. The molecule has 0 aliphatic rings. The first-order valence-corrected chi connectivity index (χ1v) is 4.75. The molecule has 0 saturated carbocycles. The van der Waals surface area contributed by atoms with Gasteiger partial charge >= 0.3 is 0 Å². The fourth-order valence-electron chi connectivity index (χ4n) is 1.39. The number of hydrogen-bond donors (Lipinski definition) is 1. The molecular formula is C11H5N7. The lowest BCUT2D eigenvalue weighted by Gasteiger charge is -2.04. The van der Waals surface area contributed by atoms with Crippen LogP contribution in [-0.4, -0.2) is 14.5 Å². The smallest absolute Gasteiger partial charge is 0.177 e. The van der Waals surface area contributed by atoms with E-state index in [0.29, 0.717) is 5.82 Å². The van der Waals surface area contributed by atoms with E-state index in [-0.39, 0.29) is 22.8 Å². The first kappa shape index (κ1) is 11.1. The molecule has 0 fully saturated rings. The Morgan fingerprint density at radius 1 is 1.06 bits per heavy atom. The van der Waals surface area contributed by atoms with Crippen molar-refractivity contribution >= 4 is 5.69 Å². The van der Waals surface area contributed by atoms with Crippen LogP contribution in [0.3, 0.4) is 0 Å². The van der Waals surface area contributed by atoms with Crippen molar-refractivity contribution in [3.63, 3.8) is 0 Å². The zero-order chi connectivity index (χ0) is 13.1. The van der Waals surface area contributed by atoms with Crippen LogP contribution in [-0.2, 0) is 0 Å². The highest BCUT2D eigenvalue weighted by Gasteiger charge is 2.13. The van der Waals surface area contributed by atoms with Gasteiger partial charge < -0.3 is 5.73 Å². The Hall–Kier alpha value is -3.37. The highest BCUT2D eigenvalue weighted by molar-refractivity contribution is 5.53. The Morgan fingerprint density at radius 2 is 1.78 bits per heavy atom. The van der Waals surface area contributed by atoms with Crippen molar-refractivity contribution in [3.05, 3.63) is 35.5 Å². The fraction of sp³-hybridized carbons (Fsp3) is 0. The summed E-state index contributed by atoms with van der Waals surface area (Å²) in [5.74, 6) is 0.311. The van der Waals surface area contributed by atoms with Gasteiger partial charge in [0.15, 0.2) is 17.1 Å². The maximum Gasteiger partial charge on any atom is 0.177 e. The van der Waals surface area contributed by atoms with E-state index in [4.69, 9.17) is 21.5 Å². The second-order valence-corrected chi connectivity index (χ2v) is 3.25.